The van der Waals surface area contributed by atoms with Crippen LogP contribution in [0.15, 0.2) is 0 Å². The average Bonchev–Trinajstić information content (AvgIpc) is 2.16. The van der Waals surface area contributed by atoms with Crippen molar-refractivity contribution in [1.82, 2.24) is 5.32 Å². The summed E-state index contributed by atoms with van der Waals surface area (Å²) in [7, 11) is 0. The Balaban J connectivity index is 2.33. The van der Waals surface area contributed by atoms with Crippen molar-refractivity contribution in [3.05, 3.63) is 0 Å². The zero-order chi connectivity index (χ0) is 12.2. The van der Waals surface area contributed by atoms with Gasteiger partial charge in [-0.25, -0.2) is 0 Å². The normalized spacial score (nSPS) is 26.5. The molecule has 16 heavy (non-hydrogen) atoms. The molecule has 1 amide bonds. The Kier molecular flexibility index (Phi) is 4.78. The highest BCUT2D eigenvalue weighted by Gasteiger charge is 2.24. The van der Waals surface area contributed by atoms with Crippen molar-refractivity contribution in [2.24, 2.45) is 17.6 Å². The summed E-state index contributed by atoms with van der Waals surface area (Å²) < 4.78 is 0. The van der Waals surface area contributed by atoms with Gasteiger partial charge in [0, 0.05) is 18.5 Å². The molecule has 0 spiro atoms. The molecule has 0 aromatic rings. The quantitative estimate of drug-likeness (QED) is 0.771. The lowest BCUT2D eigenvalue weighted by Gasteiger charge is -2.29. The Bertz CT molecular complexity index is 238. The standard InChI is InChI=1S/C13H26N2O/c1-10-5-4-6-11(7-10)8-12(16)15-13(2,3)9-14/h10-11H,4-9,14H2,1-3H3,(H,15,16). The fraction of sp³-hybridized carbons (Fsp3) is 0.923. The van der Waals surface area contributed by atoms with E-state index in [4.69, 9.17) is 5.73 Å². The first kappa shape index (κ1) is 13.5. The van der Waals surface area contributed by atoms with E-state index >= 15 is 0 Å². The first-order valence-corrected chi connectivity index (χ1v) is 6.44. The summed E-state index contributed by atoms with van der Waals surface area (Å²) in [6.45, 7) is 6.70. The molecule has 3 N–H and O–H groups in total. The van der Waals surface area contributed by atoms with E-state index in [-0.39, 0.29) is 11.4 Å². The van der Waals surface area contributed by atoms with Crippen LogP contribution in [0.3, 0.4) is 0 Å². The van der Waals surface area contributed by atoms with Gasteiger partial charge >= 0.3 is 0 Å². The molecule has 3 nitrogen and oxygen atoms in total. The number of hydrogen-bond donors (Lipinski definition) is 2. The molecule has 0 aliphatic heterocycles. The van der Waals surface area contributed by atoms with Gasteiger partial charge in [-0.1, -0.05) is 19.8 Å². The predicted molar refractivity (Wildman–Crippen MR) is 67.0 cm³/mol. The van der Waals surface area contributed by atoms with Gasteiger partial charge in [0.15, 0.2) is 0 Å². The molecule has 94 valence electrons. The van der Waals surface area contributed by atoms with Crippen molar-refractivity contribution in [1.29, 1.82) is 0 Å². The van der Waals surface area contributed by atoms with E-state index in [0.717, 1.165) is 5.92 Å². The van der Waals surface area contributed by atoms with Crippen molar-refractivity contribution in [3.8, 4) is 0 Å². The Hall–Kier alpha value is -0.570. The first-order valence-electron chi connectivity index (χ1n) is 6.44. The molecule has 2 atom stereocenters. The van der Waals surface area contributed by atoms with Gasteiger partial charge in [-0.05, 0) is 38.5 Å². The molecule has 0 radical (unpaired) electrons. The zero-order valence-corrected chi connectivity index (χ0v) is 10.9. The molecule has 1 aliphatic carbocycles. The third kappa shape index (κ3) is 4.52. The lowest BCUT2D eigenvalue weighted by atomic mass is 9.80. The van der Waals surface area contributed by atoms with E-state index in [2.05, 4.69) is 12.2 Å². The zero-order valence-electron chi connectivity index (χ0n) is 10.9. The van der Waals surface area contributed by atoms with Crippen LogP contribution in [0.25, 0.3) is 0 Å². The third-order valence-corrected chi connectivity index (χ3v) is 3.51. The highest BCUT2D eigenvalue weighted by molar-refractivity contribution is 5.77. The van der Waals surface area contributed by atoms with Crippen LogP contribution in [0.4, 0.5) is 0 Å². The summed E-state index contributed by atoms with van der Waals surface area (Å²) >= 11 is 0. The molecule has 0 bridgehead atoms. The van der Waals surface area contributed by atoms with E-state index in [1.54, 1.807) is 0 Å². The Morgan fingerprint density at radius 3 is 2.69 bits per heavy atom. The summed E-state index contributed by atoms with van der Waals surface area (Å²) in [6, 6.07) is 0. The summed E-state index contributed by atoms with van der Waals surface area (Å²) in [5.41, 5.74) is 5.33. The molecular formula is C13H26N2O. The molecule has 1 rings (SSSR count). The van der Waals surface area contributed by atoms with Crippen molar-refractivity contribution in [2.45, 2.75) is 58.4 Å². The SMILES string of the molecule is CC1CCCC(CC(=O)NC(C)(C)CN)C1. The van der Waals surface area contributed by atoms with Crippen molar-refractivity contribution < 1.29 is 4.79 Å². The van der Waals surface area contributed by atoms with Gasteiger partial charge < -0.3 is 11.1 Å². The van der Waals surface area contributed by atoms with Crippen LogP contribution in [0.2, 0.25) is 0 Å². The van der Waals surface area contributed by atoms with E-state index < -0.39 is 0 Å². The molecule has 1 saturated carbocycles. The smallest absolute Gasteiger partial charge is 0.220 e. The van der Waals surface area contributed by atoms with E-state index in [1.807, 2.05) is 13.8 Å². The number of amides is 1. The summed E-state index contributed by atoms with van der Waals surface area (Å²) in [5.74, 6) is 1.53. The highest BCUT2D eigenvalue weighted by Crippen LogP contribution is 2.30. The lowest BCUT2D eigenvalue weighted by Crippen LogP contribution is -2.49. The van der Waals surface area contributed by atoms with E-state index in [0.29, 0.717) is 18.9 Å². The van der Waals surface area contributed by atoms with Crippen LogP contribution in [-0.2, 0) is 4.79 Å². The summed E-state index contributed by atoms with van der Waals surface area (Å²) in [6.07, 6.45) is 5.69. The predicted octanol–water partition coefficient (Wildman–Crippen LogP) is 2.06. The minimum absolute atomic E-state index is 0.162. The molecule has 1 fully saturated rings. The van der Waals surface area contributed by atoms with Crippen molar-refractivity contribution in [2.75, 3.05) is 6.54 Å². The van der Waals surface area contributed by atoms with Gasteiger partial charge in [-0.3, -0.25) is 4.79 Å². The topological polar surface area (TPSA) is 55.1 Å². The first-order chi connectivity index (χ1) is 7.43. The molecule has 0 saturated heterocycles. The van der Waals surface area contributed by atoms with Crippen molar-refractivity contribution >= 4 is 5.91 Å². The minimum atomic E-state index is -0.267. The molecule has 0 aromatic carbocycles. The average molecular weight is 226 g/mol. The minimum Gasteiger partial charge on any atom is -0.350 e. The van der Waals surface area contributed by atoms with Crippen LogP contribution < -0.4 is 11.1 Å². The van der Waals surface area contributed by atoms with E-state index in [9.17, 15) is 4.79 Å². The Labute approximate surface area is 99.2 Å². The summed E-state index contributed by atoms with van der Waals surface area (Å²) in [5, 5.41) is 3.00. The molecule has 0 aromatic heterocycles. The van der Waals surface area contributed by atoms with Gasteiger partial charge in [0.1, 0.15) is 0 Å². The number of rotatable bonds is 4. The Morgan fingerprint density at radius 1 is 1.44 bits per heavy atom. The molecule has 2 unspecified atom stereocenters. The second kappa shape index (κ2) is 5.67. The van der Waals surface area contributed by atoms with Crippen LogP contribution in [-0.4, -0.2) is 18.0 Å². The van der Waals surface area contributed by atoms with E-state index in [1.165, 1.54) is 25.7 Å². The van der Waals surface area contributed by atoms with Crippen LogP contribution in [0.1, 0.15) is 52.9 Å². The largest absolute Gasteiger partial charge is 0.350 e. The second-order valence-corrected chi connectivity index (χ2v) is 5.98. The van der Waals surface area contributed by atoms with Crippen LogP contribution >= 0.6 is 0 Å². The molecule has 0 heterocycles. The maximum Gasteiger partial charge on any atom is 0.220 e. The van der Waals surface area contributed by atoms with Crippen LogP contribution in [0.5, 0.6) is 0 Å². The molecule has 3 heteroatoms. The Morgan fingerprint density at radius 2 is 2.12 bits per heavy atom. The number of carbonyl (C=O) groups excluding carboxylic acids is 1. The summed E-state index contributed by atoms with van der Waals surface area (Å²) in [4.78, 5) is 11.8. The molecular weight excluding hydrogens is 200 g/mol. The number of nitrogens with one attached hydrogen (secondary N) is 1. The van der Waals surface area contributed by atoms with Crippen LogP contribution in [0, 0.1) is 11.8 Å². The number of carbonyl (C=O) groups is 1. The third-order valence-electron chi connectivity index (χ3n) is 3.51. The van der Waals surface area contributed by atoms with Gasteiger partial charge in [0.2, 0.25) is 5.91 Å². The van der Waals surface area contributed by atoms with Crippen molar-refractivity contribution in [3.63, 3.8) is 0 Å². The fourth-order valence-corrected chi connectivity index (χ4v) is 2.49. The maximum absolute atomic E-state index is 11.8. The highest BCUT2D eigenvalue weighted by atomic mass is 16.1. The maximum atomic E-state index is 11.8. The fourth-order valence-electron chi connectivity index (χ4n) is 2.49. The number of hydrogen-bond acceptors (Lipinski definition) is 2. The second-order valence-electron chi connectivity index (χ2n) is 5.98. The van der Waals surface area contributed by atoms with Gasteiger partial charge in [0.05, 0.1) is 0 Å². The number of nitrogens with two attached hydrogens (primary N) is 1. The lowest BCUT2D eigenvalue weighted by molar-refractivity contribution is -0.123. The van der Waals surface area contributed by atoms with Gasteiger partial charge in [-0.15, -0.1) is 0 Å². The monoisotopic (exact) mass is 226 g/mol. The molecule has 1 aliphatic rings. The van der Waals surface area contributed by atoms with Gasteiger partial charge in [-0.2, -0.15) is 0 Å². The van der Waals surface area contributed by atoms with Gasteiger partial charge in [0.25, 0.3) is 0 Å².